The molecule has 2 aromatic rings. The lowest BCUT2D eigenvalue weighted by Gasteiger charge is -2.18. The topological polar surface area (TPSA) is 30.5 Å². The van der Waals surface area contributed by atoms with E-state index in [2.05, 4.69) is 34.2 Å². The van der Waals surface area contributed by atoms with E-state index in [1.165, 1.54) is 4.88 Å². The van der Waals surface area contributed by atoms with Gasteiger partial charge in [-0.15, -0.1) is 11.3 Å². The highest BCUT2D eigenvalue weighted by Gasteiger charge is 2.14. The van der Waals surface area contributed by atoms with Crippen molar-refractivity contribution in [3.63, 3.8) is 0 Å². The lowest BCUT2D eigenvalue weighted by atomic mass is 10.2. The van der Waals surface area contributed by atoms with Gasteiger partial charge in [0.25, 0.3) is 0 Å². The van der Waals surface area contributed by atoms with Crippen LogP contribution in [0, 0.1) is 0 Å². The first-order chi connectivity index (χ1) is 9.55. The number of hydrogen-bond acceptors (Lipinski definition) is 4. The Morgan fingerprint density at radius 1 is 1.20 bits per heavy atom. The van der Waals surface area contributed by atoms with Crippen LogP contribution >= 0.6 is 38.9 Å². The van der Waals surface area contributed by atoms with Crippen molar-refractivity contribution in [3.05, 3.63) is 38.0 Å². The zero-order chi connectivity index (χ0) is 14.7. The van der Waals surface area contributed by atoms with Crippen molar-refractivity contribution in [2.24, 2.45) is 0 Å². The van der Waals surface area contributed by atoms with Gasteiger partial charge >= 0.3 is 0 Å². The molecule has 1 aromatic carbocycles. The van der Waals surface area contributed by atoms with Crippen LogP contribution in [0.15, 0.2) is 28.1 Å². The molecule has 6 heteroatoms. The van der Waals surface area contributed by atoms with Crippen LogP contribution in [-0.2, 0) is 0 Å². The molecule has 0 aliphatic rings. The summed E-state index contributed by atoms with van der Waals surface area (Å²) in [7, 11) is 3.22. The molecule has 1 N–H and O–H groups in total. The summed E-state index contributed by atoms with van der Waals surface area (Å²) in [5.74, 6) is 1.31. The second-order valence-electron chi connectivity index (χ2n) is 4.19. The maximum absolute atomic E-state index is 6.10. The molecule has 0 spiro atoms. The van der Waals surface area contributed by atoms with E-state index in [1.54, 1.807) is 31.6 Å². The molecule has 0 saturated heterocycles. The number of benzene rings is 1. The number of hydrogen-bond donors (Lipinski definition) is 1. The normalized spacial score (nSPS) is 12.1. The molecular formula is C14H15BrClNO2S. The summed E-state index contributed by atoms with van der Waals surface area (Å²) in [5.41, 5.74) is 0.853. The van der Waals surface area contributed by atoms with E-state index < -0.39 is 0 Å². The van der Waals surface area contributed by atoms with Crippen LogP contribution in [0.5, 0.6) is 11.5 Å². The van der Waals surface area contributed by atoms with Crippen molar-refractivity contribution >= 4 is 44.6 Å². The van der Waals surface area contributed by atoms with Crippen LogP contribution in [0.3, 0.4) is 0 Å². The van der Waals surface area contributed by atoms with Gasteiger partial charge in [0.2, 0.25) is 0 Å². The van der Waals surface area contributed by atoms with Gasteiger partial charge in [0, 0.05) is 17.0 Å². The molecule has 3 nitrogen and oxygen atoms in total. The van der Waals surface area contributed by atoms with Crippen LogP contribution in [0.4, 0.5) is 5.69 Å². The Balaban J connectivity index is 2.27. The minimum absolute atomic E-state index is 0.158. The third-order valence-electron chi connectivity index (χ3n) is 2.87. The average molecular weight is 377 g/mol. The van der Waals surface area contributed by atoms with Gasteiger partial charge in [0.1, 0.15) is 11.5 Å². The molecule has 0 aliphatic carbocycles. The smallest absolute Gasteiger partial charge is 0.143 e. The zero-order valence-electron chi connectivity index (χ0n) is 11.4. The number of anilines is 1. The largest absolute Gasteiger partial charge is 0.495 e. The highest BCUT2D eigenvalue weighted by molar-refractivity contribution is 9.11. The third-order valence-corrected chi connectivity index (χ3v) is 4.97. The molecule has 0 fully saturated rings. The summed E-state index contributed by atoms with van der Waals surface area (Å²) in [6, 6.07) is 7.88. The van der Waals surface area contributed by atoms with Gasteiger partial charge in [0.05, 0.1) is 34.8 Å². The number of methoxy groups -OCH3 is 2. The Morgan fingerprint density at radius 3 is 2.45 bits per heavy atom. The van der Waals surface area contributed by atoms with Crippen molar-refractivity contribution < 1.29 is 9.47 Å². The zero-order valence-corrected chi connectivity index (χ0v) is 14.5. The summed E-state index contributed by atoms with van der Waals surface area (Å²) in [6.45, 7) is 2.10. The van der Waals surface area contributed by atoms with Gasteiger partial charge in [-0.2, -0.15) is 0 Å². The predicted molar refractivity (Wildman–Crippen MR) is 88.6 cm³/mol. The van der Waals surface area contributed by atoms with Gasteiger partial charge in [-0.3, -0.25) is 0 Å². The number of rotatable bonds is 5. The van der Waals surface area contributed by atoms with Crippen LogP contribution in [0.1, 0.15) is 17.8 Å². The lowest BCUT2D eigenvalue weighted by molar-refractivity contribution is 0.404. The van der Waals surface area contributed by atoms with E-state index in [0.717, 1.165) is 9.47 Å². The fourth-order valence-corrected chi connectivity index (χ4v) is 3.50. The number of ether oxygens (including phenoxy) is 2. The minimum Gasteiger partial charge on any atom is -0.495 e. The molecule has 0 radical (unpaired) electrons. The highest BCUT2D eigenvalue weighted by atomic mass is 79.9. The second kappa shape index (κ2) is 6.70. The fourth-order valence-electron chi connectivity index (χ4n) is 1.84. The summed E-state index contributed by atoms with van der Waals surface area (Å²) in [4.78, 5) is 1.23. The van der Waals surface area contributed by atoms with E-state index >= 15 is 0 Å². The molecule has 1 heterocycles. The first-order valence-corrected chi connectivity index (χ1v) is 7.97. The Hall–Kier alpha value is -0.910. The lowest BCUT2D eigenvalue weighted by Crippen LogP contribution is -2.06. The second-order valence-corrected chi connectivity index (χ2v) is 7.10. The summed E-state index contributed by atoms with van der Waals surface area (Å²) in [6.07, 6.45) is 0. The van der Waals surface area contributed by atoms with Crippen LogP contribution in [0.2, 0.25) is 5.02 Å². The first kappa shape index (κ1) is 15.5. The van der Waals surface area contributed by atoms with Gasteiger partial charge in [-0.05, 0) is 35.0 Å². The third kappa shape index (κ3) is 3.40. The number of thiophene rings is 1. The van der Waals surface area contributed by atoms with E-state index in [9.17, 15) is 0 Å². The van der Waals surface area contributed by atoms with E-state index in [-0.39, 0.29) is 6.04 Å². The van der Waals surface area contributed by atoms with Crippen molar-refractivity contribution in [3.8, 4) is 11.5 Å². The van der Waals surface area contributed by atoms with Crippen molar-refractivity contribution in [2.45, 2.75) is 13.0 Å². The minimum atomic E-state index is 0.158. The first-order valence-electron chi connectivity index (χ1n) is 5.98. The van der Waals surface area contributed by atoms with Crippen LogP contribution < -0.4 is 14.8 Å². The molecule has 0 amide bonds. The molecule has 108 valence electrons. The number of nitrogens with one attached hydrogen (secondary N) is 1. The summed E-state index contributed by atoms with van der Waals surface area (Å²) >= 11 is 11.3. The van der Waals surface area contributed by atoms with Crippen molar-refractivity contribution in [1.29, 1.82) is 0 Å². The fraction of sp³-hybridized carbons (Fsp3) is 0.286. The van der Waals surface area contributed by atoms with Gasteiger partial charge in [0.15, 0.2) is 0 Å². The average Bonchev–Trinajstić information content (AvgIpc) is 2.87. The Morgan fingerprint density at radius 2 is 1.90 bits per heavy atom. The molecule has 1 aromatic heterocycles. The molecule has 1 atom stereocenters. The molecule has 0 bridgehead atoms. The standard InChI is InChI=1S/C14H15BrClNO2S/c1-8(13-4-5-14(15)20-13)17-10-7-11(18-2)9(16)6-12(10)19-3/h4-8,17H,1-3H3. The molecule has 2 rings (SSSR count). The number of halogens is 2. The maximum atomic E-state index is 6.10. The van der Waals surface area contributed by atoms with E-state index in [0.29, 0.717) is 16.5 Å². The molecule has 0 saturated carbocycles. The van der Waals surface area contributed by atoms with Crippen LogP contribution in [-0.4, -0.2) is 14.2 Å². The van der Waals surface area contributed by atoms with Crippen LogP contribution in [0.25, 0.3) is 0 Å². The Kier molecular flexibility index (Phi) is 5.18. The Labute approximate surface area is 136 Å². The Bertz CT molecular complexity index is 603. The van der Waals surface area contributed by atoms with E-state index in [1.807, 2.05) is 12.1 Å². The van der Waals surface area contributed by atoms with E-state index in [4.69, 9.17) is 21.1 Å². The quantitative estimate of drug-likeness (QED) is 0.762. The van der Waals surface area contributed by atoms with Gasteiger partial charge in [-0.1, -0.05) is 11.6 Å². The maximum Gasteiger partial charge on any atom is 0.143 e. The van der Waals surface area contributed by atoms with Crippen molar-refractivity contribution in [2.75, 3.05) is 19.5 Å². The highest BCUT2D eigenvalue weighted by Crippen LogP contribution is 2.38. The monoisotopic (exact) mass is 375 g/mol. The molecular weight excluding hydrogens is 362 g/mol. The SMILES string of the molecule is COc1cc(NC(C)c2ccc(Br)s2)c(OC)cc1Cl. The van der Waals surface area contributed by atoms with Gasteiger partial charge in [-0.25, -0.2) is 0 Å². The molecule has 0 aliphatic heterocycles. The van der Waals surface area contributed by atoms with Crippen molar-refractivity contribution in [1.82, 2.24) is 0 Å². The van der Waals surface area contributed by atoms with Gasteiger partial charge < -0.3 is 14.8 Å². The summed E-state index contributed by atoms with van der Waals surface area (Å²) in [5, 5.41) is 3.95. The predicted octanol–water partition coefficient (Wildman–Crippen LogP) is 5.35. The molecule has 1 unspecified atom stereocenters. The molecule has 20 heavy (non-hydrogen) atoms. The summed E-state index contributed by atoms with van der Waals surface area (Å²) < 4.78 is 11.7.